The monoisotopic (exact) mass is 520 g/mol. The molecule has 10 nitrogen and oxygen atoms in total. The van der Waals surface area contributed by atoms with Gasteiger partial charge in [-0.05, 0) is 48.2 Å². The van der Waals surface area contributed by atoms with Crippen LogP contribution in [-0.2, 0) is 31.9 Å². The average molecular weight is 521 g/mol. The van der Waals surface area contributed by atoms with E-state index >= 15 is 0 Å². The minimum absolute atomic E-state index is 0.411. The Kier molecular flexibility index (Phi) is 8.67. The van der Waals surface area contributed by atoms with Crippen LogP contribution in [0.2, 0.25) is 0 Å². The predicted octanol–water partition coefficient (Wildman–Crippen LogP) is 3.44. The van der Waals surface area contributed by atoms with Crippen LogP contribution < -0.4 is 20.9 Å². The van der Waals surface area contributed by atoms with Crippen molar-refractivity contribution in [3.8, 4) is 11.5 Å². The Morgan fingerprint density at radius 1 is 0.763 bits per heavy atom. The van der Waals surface area contributed by atoms with Crippen molar-refractivity contribution >= 4 is 33.7 Å². The minimum atomic E-state index is -0.829. The molecule has 2 aromatic carbocycles. The number of nitrogens with two attached hydrogens (primary N) is 2. The first-order valence-electron chi connectivity index (χ1n) is 12.2. The Hall–Kier alpha value is -4.28. The number of fused-ring (bicyclic) bond motifs is 2. The zero-order valence-electron chi connectivity index (χ0n) is 21.4. The molecule has 2 atom stereocenters. The molecule has 0 aliphatic heterocycles. The molecule has 38 heavy (non-hydrogen) atoms. The summed E-state index contributed by atoms with van der Waals surface area (Å²) in [7, 11) is 3.23. The van der Waals surface area contributed by atoms with Crippen LogP contribution in [0.5, 0.6) is 11.5 Å². The standard InChI is InChI=1S/C28H32N4O6/c1-35-19-5-7-21-17(15-31-23(21)13-19)3-9-25(29)37-27(33)11-12-28(34)38-26(30)10-4-18-16-32-24-14-20(36-2)6-8-22(18)24/h5-8,11-16,25-26,31-32H,3-4,9-10,29-30H2,1-2H3/b12-11+/t25-,26-/m0/s1. The number of benzene rings is 2. The second kappa shape index (κ2) is 12.3. The third-order valence-electron chi connectivity index (χ3n) is 6.24. The van der Waals surface area contributed by atoms with Crippen molar-refractivity contribution in [3.63, 3.8) is 0 Å². The molecule has 0 unspecified atom stereocenters. The van der Waals surface area contributed by atoms with Crippen LogP contribution >= 0.6 is 0 Å². The van der Waals surface area contributed by atoms with Crippen LogP contribution in [0.3, 0.4) is 0 Å². The van der Waals surface area contributed by atoms with Gasteiger partial charge < -0.3 is 28.9 Å². The summed E-state index contributed by atoms with van der Waals surface area (Å²) in [6, 6.07) is 11.5. The molecule has 2 aromatic heterocycles. The third-order valence-corrected chi connectivity index (χ3v) is 6.24. The van der Waals surface area contributed by atoms with Gasteiger partial charge in [-0.3, -0.25) is 11.5 Å². The van der Waals surface area contributed by atoms with Gasteiger partial charge in [-0.2, -0.15) is 0 Å². The van der Waals surface area contributed by atoms with Gasteiger partial charge in [0.1, 0.15) is 11.5 Å². The number of aromatic amines is 2. The minimum Gasteiger partial charge on any atom is -0.497 e. The molecule has 0 bridgehead atoms. The molecule has 200 valence electrons. The SMILES string of the molecule is COc1ccc2c(CC[C@@H](N)OC(=O)/C=C/C(=O)O[C@H](N)CCc3c[nH]c4cc(OC)ccc34)c[nH]c2c1. The number of methoxy groups -OCH3 is 2. The Morgan fingerprint density at radius 2 is 1.18 bits per heavy atom. The molecule has 0 spiro atoms. The van der Waals surface area contributed by atoms with E-state index in [1.807, 2.05) is 48.8 Å². The highest BCUT2D eigenvalue weighted by molar-refractivity contribution is 5.91. The molecule has 0 radical (unpaired) electrons. The van der Waals surface area contributed by atoms with E-state index in [2.05, 4.69) is 9.97 Å². The van der Waals surface area contributed by atoms with Crippen molar-refractivity contribution in [1.82, 2.24) is 9.97 Å². The Balaban J connectivity index is 1.19. The van der Waals surface area contributed by atoms with Crippen LogP contribution in [0.15, 0.2) is 60.9 Å². The number of nitrogens with one attached hydrogen (secondary N) is 2. The maximum absolute atomic E-state index is 12.1. The lowest BCUT2D eigenvalue weighted by Crippen LogP contribution is -2.28. The Morgan fingerprint density at radius 3 is 1.58 bits per heavy atom. The molecule has 0 saturated carbocycles. The van der Waals surface area contributed by atoms with Crippen molar-refractivity contribution in [1.29, 1.82) is 0 Å². The van der Waals surface area contributed by atoms with E-state index in [4.69, 9.17) is 30.4 Å². The molecule has 2 heterocycles. The number of hydrogen-bond donors (Lipinski definition) is 4. The highest BCUT2D eigenvalue weighted by Gasteiger charge is 2.13. The molecule has 0 aliphatic carbocycles. The molecule has 6 N–H and O–H groups in total. The van der Waals surface area contributed by atoms with Gasteiger partial charge in [0.05, 0.1) is 14.2 Å². The number of ether oxygens (including phenoxy) is 4. The van der Waals surface area contributed by atoms with Gasteiger partial charge in [0, 0.05) is 71.3 Å². The molecule has 4 rings (SSSR count). The first kappa shape index (κ1) is 26.8. The van der Waals surface area contributed by atoms with E-state index in [0.717, 1.165) is 56.6 Å². The number of hydrogen-bond acceptors (Lipinski definition) is 8. The van der Waals surface area contributed by atoms with Crippen molar-refractivity contribution in [3.05, 3.63) is 72.1 Å². The molecule has 0 aliphatic rings. The average Bonchev–Trinajstić information content (AvgIpc) is 3.52. The highest BCUT2D eigenvalue weighted by atomic mass is 16.6. The summed E-state index contributed by atoms with van der Waals surface area (Å²) < 4.78 is 20.8. The van der Waals surface area contributed by atoms with E-state index in [1.165, 1.54) is 0 Å². The zero-order chi connectivity index (χ0) is 27.1. The number of aromatic nitrogens is 2. The molecule has 4 aromatic rings. The first-order chi connectivity index (χ1) is 18.4. The lowest BCUT2D eigenvalue weighted by molar-refractivity contribution is -0.145. The van der Waals surface area contributed by atoms with E-state index in [0.29, 0.717) is 25.7 Å². The van der Waals surface area contributed by atoms with Crippen molar-refractivity contribution in [2.45, 2.75) is 38.1 Å². The Bertz CT molecular complexity index is 1330. The fourth-order valence-electron chi connectivity index (χ4n) is 4.22. The number of carbonyl (C=O) groups is 2. The maximum Gasteiger partial charge on any atom is 0.332 e. The van der Waals surface area contributed by atoms with E-state index in [9.17, 15) is 9.59 Å². The van der Waals surface area contributed by atoms with Gasteiger partial charge in [0.15, 0.2) is 12.5 Å². The molecule has 0 fully saturated rings. The van der Waals surface area contributed by atoms with Gasteiger partial charge in [-0.15, -0.1) is 0 Å². The van der Waals surface area contributed by atoms with E-state index < -0.39 is 24.4 Å². The number of aryl methyl sites for hydroxylation is 2. The molecule has 10 heteroatoms. The van der Waals surface area contributed by atoms with Crippen LogP contribution in [-0.4, -0.2) is 48.6 Å². The fourth-order valence-corrected chi connectivity index (χ4v) is 4.22. The van der Waals surface area contributed by atoms with Gasteiger partial charge >= 0.3 is 11.9 Å². The van der Waals surface area contributed by atoms with Crippen molar-refractivity contribution in [2.75, 3.05) is 14.2 Å². The van der Waals surface area contributed by atoms with Crippen LogP contribution in [0.4, 0.5) is 0 Å². The summed E-state index contributed by atoms with van der Waals surface area (Å²) in [5.41, 5.74) is 15.9. The number of carbonyl (C=O) groups excluding carboxylic acids is 2. The summed E-state index contributed by atoms with van der Waals surface area (Å²) in [6.45, 7) is 0. The summed E-state index contributed by atoms with van der Waals surface area (Å²) in [5.74, 6) is 0.0544. The fraction of sp³-hybridized carbons (Fsp3) is 0.286. The largest absolute Gasteiger partial charge is 0.497 e. The number of H-pyrrole nitrogens is 2. The highest BCUT2D eigenvalue weighted by Crippen LogP contribution is 2.25. The third kappa shape index (κ3) is 6.72. The van der Waals surface area contributed by atoms with Gasteiger partial charge in [0.25, 0.3) is 0 Å². The molecule has 0 saturated heterocycles. The second-order valence-corrected chi connectivity index (χ2v) is 8.81. The second-order valence-electron chi connectivity index (χ2n) is 8.81. The van der Waals surface area contributed by atoms with Crippen molar-refractivity contribution in [2.24, 2.45) is 11.5 Å². The van der Waals surface area contributed by atoms with Gasteiger partial charge in [-0.25, -0.2) is 9.59 Å². The van der Waals surface area contributed by atoms with Crippen LogP contribution in [0.1, 0.15) is 24.0 Å². The number of esters is 2. The van der Waals surface area contributed by atoms with Crippen LogP contribution in [0.25, 0.3) is 21.8 Å². The maximum atomic E-state index is 12.1. The molecular formula is C28H32N4O6. The zero-order valence-corrected chi connectivity index (χ0v) is 21.4. The molecule has 0 amide bonds. The normalized spacial score (nSPS) is 13.1. The first-order valence-corrected chi connectivity index (χ1v) is 12.2. The Labute approximate surface area is 219 Å². The van der Waals surface area contributed by atoms with Crippen molar-refractivity contribution < 1.29 is 28.5 Å². The van der Waals surface area contributed by atoms with E-state index in [1.54, 1.807) is 14.2 Å². The van der Waals surface area contributed by atoms with Gasteiger partial charge in [0.2, 0.25) is 0 Å². The molecular weight excluding hydrogens is 488 g/mol. The summed E-state index contributed by atoms with van der Waals surface area (Å²) in [5, 5.41) is 2.10. The summed E-state index contributed by atoms with van der Waals surface area (Å²) in [4.78, 5) is 30.6. The number of rotatable bonds is 12. The predicted molar refractivity (Wildman–Crippen MR) is 144 cm³/mol. The summed E-state index contributed by atoms with van der Waals surface area (Å²) in [6.07, 6.45) is 6.13. The topological polar surface area (TPSA) is 155 Å². The van der Waals surface area contributed by atoms with Gasteiger partial charge in [-0.1, -0.05) is 0 Å². The quantitative estimate of drug-likeness (QED) is 0.126. The lowest BCUT2D eigenvalue weighted by Gasteiger charge is -2.12. The summed E-state index contributed by atoms with van der Waals surface area (Å²) >= 11 is 0. The van der Waals surface area contributed by atoms with Crippen LogP contribution in [0, 0.1) is 0 Å². The smallest absolute Gasteiger partial charge is 0.332 e. The lowest BCUT2D eigenvalue weighted by atomic mass is 10.1. The van der Waals surface area contributed by atoms with E-state index in [-0.39, 0.29) is 0 Å².